The largest absolute Gasteiger partial charge is 0.447 e. The van der Waals surface area contributed by atoms with Crippen molar-refractivity contribution in [1.82, 2.24) is 20.1 Å². The lowest BCUT2D eigenvalue weighted by molar-refractivity contribution is -0.141. The monoisotopic (exact) mass is 531 g/mol. The molecule has 1 aromatic carbocycles. The molecule has 0 bridgehead atoms. The van der Waals surface area contributed by atoms with E-state index in [-0.39, 0.29) is 24.0 Å². The van der Waals surface area contributed by atoms with Gasteiger partial charge in [-0.25, -0.2) is 14.5 Å². The molecule has 3 rings (SSSR count). The lowest BCUT2D eigenvalue weighted by Gasteiger charge is -2.09. The maximum atomic E-state index is 13.4. The zero-order chi connectivity index (χ0) is 23.3. The number of rotatable bonds is 6. The van der Waals surface area contributed by atoms with Gasteiger partial charge >= 0.3 is 12.3 Å². The fraction of sp³-hybridized carbons (Fsp3) is 0.158. The van der Waals surface area contributed by atoms with Crippen LogP contribution in [0.3, 0.4) is 0 Å². The first kappa shape index (κ1) is 23.5. The number of carbonyl (C=O) groups excluding carboxylic acids is 2. The van der Waals surface area contributed by atoms with Gasteiger partial charge < -0.3 is 10.1 Å². The Kier molecular flexibility index (Phi) is 7.36. The van der Waals surface area contributed by atoms with Gasteiger partial charge in [0, 0.05) is 22.6 Å². The second-order valence-corrected chi connectivity index (χ2v) is 7.49. The topological polar surface area (TPSA) is 98.1 Å². The number of ether oxygens (including phenoxy) is 1. The van der Waals surface area contributed by atoms with Crippen LogP contribution < -0.4 is 10.6 Å². The number of carbonyl (C=O) groups is 2. The Morgan fingerprint density at radius 1 is 1.19 bits per heavy atom. The highest BCUT2D eigenvalue weighted by molar-refractivity contribution is 9.10. The van der Waals surface area contributed by atoms with E-state index in [9.17, 15) is 22.8 Å². The van der Waals surface area contributed by atoms with E-state index in [0.29, 0.717) is 5.69 Å². The van der Waals surface area contributed by atoms with Crippen LogP contribution in [0.1, 0.15) is 16.1 Å². The summed E-state index contributed by atoms with van der Waals surface area (Å²) >= 11 is 9.21. The van der Waals surface area contributed by atoms with Crippen LogP contribution in [0.5, 0.6) is 0 Å². The van der Waals surface area contributed by atoms with E-state index in [4.69, 9.17) is 16.3 Å². The lowest BCUT2D eigenvalue weighted by atomic mass is 10.2. The van der Waals surface area contributed by atoms with Crippen molar-refractivity contribution in [3.05, 3.63) is 69.5 Å². The molecule has 0 aliphatic rings. The molecular weight excluding hydrogens is 519 g/mol. The molecular formula is C19H14BrClF3N5O3. The standard InChI is InChI=1S/C19H14BrClF3N5O3/c20-11-3-5-12(6-4-11)27-18(31)32-9-8-26-17(30)13-10-29(28-15(13)19(22,23)24)16-14(21)2-1-7-25-16/h1-7,10H,8-9H2,(H,26,30)(H,27,31). The molecule has 2 aromatic heterocycles. The van der Waals surface area contributed by atoms with Gasteiger partial charge in [0.25, 0.3) is 5.91 Å². The molecule has 2 amide bonds. The van der Waals surface area contributed by atoms with Crippen LogP contribution in [0.25, 0.3) is 5.82 Å². The van der Waals surface area contributed by atoms with Gasteiger partial charge in [-0.1, -0.05) is 27.5 Å². The molecule has 0 radical (unpaired) electrons. The number of hydrogen-bond donors (Lipinski definition) is 2. The molecule has 168 valence electrons. The molecule has 0 saturated heterocycles. The number of anilines is 1. The molecule has 0 atom stereocenters. The minimum Gasteiger partial charge on any atom is -0.447 e. The Balaban J connectivity index is 1.61. The van der Waals surface area contributed by atoms with E-state index in [1.807, 2.05) is 0 Å². The summed E-state index contributed by atoms with van der Waals surface area (Å²) in [5, 5.41) is 8.21. The molecule has 32 heavy (non-hydrogen) atoms. The molecule has 13 heteroatoms. The summed E-state index contributed by atoms with van der Waals surface area (Å²) < 4.78 is 46.6. The third-order valence-electron chi connectivity index (χ3n) is 3.89. The van der Waals surface area contributed by atoms with Crippen LogP contribution in [0, 0.1) is 0 Å². The van der Waals surface area contributed by atoms with Crippen molar-refractivity contribution in [3.63, 3.8) is 0 Å². The Hall–Kier alpha value is -3.12. The summed E-state index contributed by atoms with van der Waals surface area (Å²) in [6.07, 6.45) is -3.46. The van der Waals surface area contributed by atoms with Crippen molar-refractivity contribution in [3.8, 4) is 5.82 Å². The number of hydrogen-bond acceptors (Lipinski definition) is 5. The first-order chi connectivity index (χ1) is 15.1. The number of alkyl halides is 3. The van der Waals surface area contributed by atoms with Gasteiger partial charge in [0.05, 0.1) is 17.1 Å². The molecule has 2 heterocycles. The predicted molar refractivity (Wildman–Crippen MR) is 113 cm³/mol. The highest BCUT2D eigenvalue weighted by atomic mass is 79.9. The van der Waals surface area contributed by atoms with E-state index in [1.54, 1.807) is 24.3 Å². The summed E-state index contributed by atoms with van der Waals surface area (Å²) in [6.45, 7) is -0.491. The van der Waals surface area contributed by atoms with Crippen molar-refractivity contribution in [2.75, 3.05) is 18.5 Å². The average molecular weight is 533 g/mol. The Morgan fingerprint density at radius 3 is 2.56 bits per heavy atom. The highest BCUT2D eigenvalue weighted by Crippen LogP contribution is 2.32. The minimum atomic E-state index is -4.89. The SMILES string of the molecule is O=C(Nc1ccc(Br)cc1)OCCNC(=O)c1cn(-c2ncccc2Cl)nc1C(F)(F)F. The third kappa shape index (κ3) is 5.98. The van der Waals surface area contributed by atoms with E-state index in [2.05, 4.69) is 36.6 Å². The van der Waals surface area contributed by atoms with Crippen LogP contribution in [0.15, 0.2) is 53.3 Å². The van der Waals surface area contributed by atoms with Gasteiger partial charge in [0.1, 0.15) is 6.61 Å². The van der Waals surface area contributed by atoms with E-state index < -0.39 is 29.4 Å². The van der Waals surface area contributed by atoms with Crippen molar-refractivity contribution < 1.29 is 27.5 Å². The number of benzene rings is 1. The molecule has 0 spiro atoms. The second kappa shape index (κ2) is 10.0. The van der Waals surface area contributed by atoms with Crippen molar-refractivity contribution in [2.24, 2.45) is 0 Å². The molecule has 0 saturated carbocycles. The Bertz CT molecular complexity index is 1120. The number of amides is 2. The summed E-state index contributed by atoms with van der Waals surface area (Å²) in [5.74, 6) is -1.11. The fourth-order valence-corrected chi connectivity index (χ4v) is 2.97. The van der Waals surface area contributed by atoms with Gasteiger partial charge in [-0.3, -0.25) is 10.1 Å². The van der Waals surface area contributed by atoms with E-state index >= 15 is 0 Å². The summed E-state index contributed by atoms with van der Waals surface area (Å²) in [6, 6.07) is 9.63. The van der Waals surface area contributed by atoms with Gasteiger partial charge in [-0.15, -0.1) is 0 Å². The Morgan fingerprint density at radius 2 is 1.91 bits per heavy atom. The number of aromatic nitrogens is 3. The first-order valence-corrected chi connectivity index (χ1v) is 10.1. The molecule has 0 unspecified atom stereocenters. The highest BCUT2D eigenvalue weighted by Gasteiger charge is 2.39. The maximum Gasteiger partial charge on any atom is 0.435 e. The number of nitrogens with zero attached hydrogens (tertiary/aromatic N) is 3. The zero-order valence-corrected chi connectivity index (χ0v) is 18.3. The number of pyridine rings is 1. The average Bonchev–Trinajstić information content (AvgIpc) is 3.19. The molecule has 0 fully saturated rings. The maximum absolute atomic E-state index is 13.4. The number of halogens is 5. The zero-order valence-electron chi connectivity index (χ0n) is 16.0. The molecule has 3 aromatic rings. The van der Waals surface area contributed by atoms with Crippen molar-refractivity contribution >= 4 is 45.2 Å². The van der Waals surface area contributed by atoms with Gasteiger partial charge in [-0.2, -0.15) is 18.3 Å². The lowest BCUT2D eigenvalue weighted by Crippen LogP contribution is -2.30. The van der Waals surface area contributed by atoms with Gasteiger partial charge in [0.2, 0.25) is 0 Å². The Labute approximate surface area is 192 Å². The second-order valence-electron chi connectivity index (χ2n) is 6.17. The van der Waals surface area contributed by atoms with Crippen LogP contribution in [0.2, 0.25) is 5.02 Å². The first-order valence-electron chi connectivity index (χ1n) is 8.90. The number of nitrogens with one attached hydrogen (secondary N) is 2. The van der Waals surface area contributed by atoms with E-state index in [0.717, 1.165) is 15.4 Å². The van der Waals surface area contributed by atoms with Gasteiger partial charge in [-0.05, 0) is 36.4 Å². The van der Waals surface area contributed by atoms with Crippen LogP contribution in [0.4, 0.5) is 23.7 Å². The molecule has 8 nitrogen and oxygen atoms in total. The van der Waals surface area contributed by atoms with Crippen molar-refractivity contribution in [1.29, 1.82) is 0 Å². The quantitative estimate of drug-likeness (QED) is 0.449. The van der Waals surface area contributed by atoms with Crippen LogP contribution in [-0.4, -0.2) is 39.9 Å². The third-order valence-corrected chi connectivity index (χ3v) is 4.72. The van der Waals surface area contributed by atoms with Crippen molar-refractivity contribution in [2.45, 2.75) is 6.18 Å². The summed E-state index contributed by atoms with van der Waals surface area (Å²) in [4.78, 5) is 28.0. The summed E-state index contributed by atoms with van der Waals surface area (Å²) in [7, 11) is 0. The minimum absolute atomic E-state index is 0.0564. The smallest absolute Gasteiger partial charge is 0.435 e. The van der Waals surface area contributed by atoms with E-state index in [1.165, 1.54) is 18.3 Å². The normalized spacial score (nSPS) is 11.2. The molecule has 0 aliphatic carbocycles. The van der Waals surface area contributed by atoms with Crippen LogP contribution >= 0.6 is 27.5 Å². The predicted octanol–water partition coefficient (Wildman–Crippen LogP) is 4.68. The molecule has 2 N–H and O–H groups in total. The summed E-state index contributed by atoms with van der Waals surface area (Å²) in [5.41, 5.74) is -1.64. The van der Waals surface area contributed by atoms with Gasteiger partial charge in [0.15, 0.2) is 11.5 Å². The van der Waals surface area contributed by atoms with Crippen LogP contribution in [-0.2, 0) is 10.9 Å². The molecule has 0 aliphatic heterocycles. The fourth-order valence-electron chi connectivity index (χ4n) is 2.49.